The van der Waals surface area contributed by atoms with E-state index in [2.05, 4.69) is 0 Å². The van der Waals surface area contributed by atoms with Crippen LogP contribution in [0.15, 0.2) is 23.1 Å². The van der Waals surface area contributed by atoms with Crippen LogP contribution in [0, 0.1) is 5.82 Å². The fourth-order valence-electron chi connectivity index (χ4n) is 1.80. The summed E-state index contributed by atoms with van der Waals surface area (Å²) >= 11 is 0. The second-order valence-corrected chi connectivity index (χ2v) is 6.34. The van der Waals surface area contributed by atoms with Gasteiger partial charge in [0.15, 0.2) is 0 Å². The lowest BCUT2D eigenvalue weighted by Crippen LogP contribution is -2.35. The van der Waals surface area contributed by atoms with Crippen LogP contribution in [0.4, 0.5) is 10.1 Å². The zero-order valence-electron chi connectivity index (χ0n) is 12.2. The van der Waals surface area contributed by atoms with E-state index in [1.165, 1.54) is 30.7 Å². The number of sulfonamides is 1. The molecule has 0 atom stereocenters. The first kappa shape index (κ1) is 17.8. The zero-order valence-corrected chi connectivity index (χ0v) is 13.0. The summed E-state index contributed by atoms with van der Waals surface area (Å²) in [4.78, 5) is -0.384. The molecule has 0 heterocycles. The molecule has 0 unspecified atom stereocenters. The van der Waals surface area contributed by atoms with Crippen molar-refractivity contribution in [3.63, 3.8) is 0 Å². The molecule has 120 valence electrons. The number of benzene rings is 1. The second kappa shape index (κ2) is 8.28. The lowest BCUT2D eigenvalue weighted by atomic mass is 10.3. The maximum absolute atomic E-state index is 13.9. The van der Waals surface area contributed by atoms with Crippen molar-refractivity contribution in [1.29, 1.82) is 0 Å². The standard InChI is InChI=1S/C13H21FN2O4S/c1-19-8-3-6-16(7-9-20-2)21(17,18)13-5-4-11(15)10-12(13)14/h4-5,10H,3,6-9,15H2,1-2H3. The van der Waals surface area contributed by atoms with Crippen LogP contribution in [0.2, 0.25) is 0 Å². The van der Waals surface area contributed by atoms with Crippen molar-refractivity contribution < 1.29 is 22.3 Å². The van der Waals surface area contributed by atoms with Gasteiger partial charge in [0, 0.05) is 39.6 Å². The van der Waals surface area contributed by atoms with E-state index in [0.717, 1.165) is 6.07 Å². The summed E-state index contributed by atoms with van der Waals surface area (Å²) < 4.78 is 49.9. The number of rotatable bonds is 9. The van der Waals surface area contributed by atoms with Crippen molar-refractivity contribution in [2.45, 2.75) is 11.3 Å². The lowest BCUT2D eigenvalue weighted by molar-refractivity contribution is 0.164. The lowest BCUT2D eigenvalue weighted by Gasteiger charge is -2.22. The molecule has 0 saturated carbocycles. The van der Waals surface area contributed by atoms with Crippen molar-refractivity contribution in [3.05, 3.63) is 24.0 Å². The topological polar surface area (TPSA) is 81.9 Å². The van der Waals surface area contributed by atoms with Crippen LogP contribution >= 0.6 is 0 Å². The molecule has 21 heavy (non-hydrogen) atoms. The summed E-state index contributed by atoms with van der Waals surface area (Å²) in [5.41, 5.74) is 5.62. The molecule has 1 aromatic rings. The van der Waals surface area contributed by atoms with Gasteiger partial charge in [-0.25, -0.2) is 12.8 Å². The number of nitrogen functional groups attached to an aromatic ring is 1. The van der Waals surface area contributed by atoms with Gasteiger partial charge < -0.3 is 15.2 Å². The maximum Gasteiger partial charge on any atom is 0.246 e. The first-order valence-electron chi connectivity index (χ1n) is 6.46. The van der Waals surface area contributed by atoms with Crippen molar-refractivity contribution in [3.8, 4) is 0 Å². The molecule has 0 saturated heterocycles. The molecule has 0 aliphatic heterocycles. The molecule has 1 aromatic carbocycles. The van der Waals surface area contributed by atoms with Gasteiger partial charge in [0.25, 0.3) is 0 Å². The Labute approximate surface area is 124 Å². The maximum atomic E-state index is 13.9. The van der Waals surface area contributed by atoms with Crippen molar-refractivity contribution >= 4 is 15.7 Å². The van der Waals surface area contributed by atoms with Gasteiger partial charge >= 0.3 is 0 Å². The molecule has 0 amide bonds. The monoisotopic (exact) mass is 320 g/mol. The Hall–Kier alpha value is -1.22. The molecule has 0 bridgehead atoms. The molecule has 0 aromatic heterocycles. The van der Waals surface area contributed by atoms with E-state index in [4.69, 9.17) is 15.2 Å². The number of halogens is 1. The third kappa shape index (κ3) is 4.92. The first-order valence-corrected chi connectivity index (χ1v) is 7.90. The van der Waals surface area contributed by atoms with E-state index >= 15 is 0 Å². The van der Waals surface area contributed by atoms with Gasteiger partial charge in [-0.05, 0) is 24.6 Å². The summed E-state index contributed by atoms with van der Waals surface area (Å²) in [5.74, 6) is -0.857. The number of anilines is 1. The largest absolute Gasteiger partial charge is 0.399 e. The average Bonchev–Trinajstić information content (AvgIpc) is 2.42. The Balaban J connectivity index is 3.01. The molecule has 0 spiro atoms. The number of nitrogens with two attached hydrogens (primary N) is 1. The molecule has 0 aliphatic carbocycles. The van der Waals surface area contributed by atoms with Crippen LogP contribution in [-0.4, -0.2) is 53.2 Å². The molecule has 0 radical (unpaired) electrons. The Bertz CT molecular complexity index is 551. The fourth-order valence-corrected chi connectivity index (χ4v) is 3.30. The van der Waals surface area contributed by atoms with E-state index in [1.807, 2.05) is 0 Å². The highest BCUT2D eigenvalue weighted by Gasteiger charge is 2.27. The molecule has 2 N–H and O–H groups in total. The minimum absolute atomic E-state index is 0.145. The molecule has 0 fully saturated rings. The Kier molecular flexibility index (Phi) is 7.03. The summed E-state index contributed by atoms with van der Waals surface area (Å²) in [7, 11) is -0.923. The van der Waals surface area contributed by atoms with Crippen molar-refractivity contribution in [2.75, 3.05) is 46.3 Å². The van der Waals surface area contributed by atoms with Gasteiger partial charge in [-0.3, -0.25) is 0 Å². The number of ether oxygens (including phenoxy) is 2. The van der Waals surface area contributed by atoms with Gasteiger partial charge in [0.1, 0.15) is 10.7 Å². The second-order valence-electron chi connectivity index (χ2n) is 4.43. The highest BCUT2D eigenvalue weighted by Crippen LogP contribution is 2.21. The van der Waals surface area contributed by atoms with Crippen LogP contribution < -0.4 is 5.73 Å². The van der Waals surface area contributed by atoms with Crippen LogP contribution in [0.3, 0.4) is 0 Å². The van der Waals surface area contributed by atoms with Gasteiger partial charge in [0.05, 0.1) is 6.61 Å². The van der Waals surface area contributed by atoms with E-state index in [0.29, 0.717) is 13.0 Å². The highest BCUT2D eigenvalue weighted by atomic mass is 32.2. The minimum Gasteiger partial charge on any atom is -0.399 e. The van der Waals surface area contributed by atoms with E-state index in [-0.39, 0.29) is 30.3 Å². The van der Waals surface area contributed by atoms with Crippen molar-refractivity contribution in [1.82, 2.24) is 4.31 Å². The SMILES string of the molecule is COCCCN(CCOC)S(=O)(=O)c1ccc(N)cc1F. The molecule has 6 nitrogen and oxygen atoms in total. The van der Waals surface area contributed by atoms with Crippen LogP contribution in [0.5, 0.6) is 0 Å². The van der Waals surface area contributed by atoms with Crippen LogP contribution in [0.25, 0.3) is 0 Å². The normalized spacial score (nSPS) is 12.0. The van der Waals surface area contributed by atoms with E-state index in [1.54, 1.807) is 0 Å². The van der Waals surface area contributed by atoms with Crippen LogP contribution in [-0.2, 0) is 19.5 Å². The predicted molar refractivity (Wildman–Crippen MR) is 77.9 cm³/mol. The fraction of sp³-hybridized carbons (Fsp3) is 0.538. The highest BCUT2D eigenvalue weighted by molar-refractivity contribution is 7.89. The molecule has 8 heteroatoms. The first-order chi connectivity index (χ1) is 9.93. The van der Waals surface area contributed by atoms with Gasteiger partial charge in [0.2, 0.25) is 10.0 Å². The number of hydrogen-bond donors (Lipinski definition) is 1. The van der Waals surface area contributed by atoms with Gasteiger partial charge in [-0.2, -0.15) is 4.31 Å². The Morgan fingerprint density at radius 3 is 2.43 bits per heavy atom. The van der Waals surface area contributed by atoms with E-state index < -0.39 is 15.8 Å². The van der Waals surface area contributed by atoms with Gasteiger partial charge in [-0.15, -0.1) is 0 Å². The third-order valence-electron chi connectivity index (χ3n) is 2.87. The van der Waals surface area contributed by atoms with E-state index in [9.17, 15) is 12.8 Å². The summed E-state index contributed by atoms with van der Waals surface area (Å²) in [6.07, 6.45) is 0.510. The van der Waals surface area contributed by atoms with Crippen LogP contribution in [0.1, 0.15) is 6.42 Å². The Morgan fingerprint density at radius 1 is 1.19 bits per heavy atom. The molecular formula is C13H21FN2O4S. The molecular weight excluding hydrogens is 299 g/mol. The minimum atomic E-state index is -3.93. The quantitative estimate of drug-likeness (QED) is 0.544. The molecule has 1 rings (SSSR count). The number of hydrogen-bond acceptors (Lipinski definition) is 5. The van der Waals surface area contributed by atoms with Crippen molar-refractivity contribution in [2.24, 2.45) is 0 Å². The molecule has 0 aliphatic rings. The van der Waals surface area contributed by atoms with Gasteiger partial charge in [-0.1, -0.05) is 0 Å². The third-order valence-corrected chi connectivity index (χ3v) is 4.81. The zero-order chi connectivity index (χ0) is 15.9. The summed E-state index contributed by atoms with van der Waals surface area (Å²) in [6, 6.07) is 3.53. The Morgan fingerprint density at radius 2 is 1.86 bits per heavy atom. The number of methoxy groups -OCH3 is 2. The smallest absolute Gasteiger partial charge is 0.246 e. The predicted octanol–water partition coefficient (Wildman–Crippen LogP) is 1.08. The summed E-state index contributed by atoms with van der Waals surface area (Å²) in [6.45, 7) is 1.02. The number of nitrogens with zero attached hydrogens (tertiary/aromatic N) is 1. The summed E-state index contributed by atoms with van der Waals surface area (Å²) in [5, 5.41) is 0. The average molecular weight is 320 g/mol.